The molecule has 0 unspecified atom stereocenters. The summed E-state index contributed by atoms with van der Waals surface area (Å²) in [6.07, 6.45) is 5.87. The molecule has 0 bridgehead atoms. The molecule has 1 fully saturated rings. The molecule has 1 saturated carbocycles. The number of nitrogens with two attached hydrogens (primary N) is 1. The van der Waals surface area contributed by atoms with E-state index in [9.17, 15) is 0 Å². The van der Waals surface area contributed by atoms with Gasteiger partial charge in [0.05, 0.1) is 0 Å². The normalized spacial score (nSPS) is 34.2. The summed E-state index contributed by atoms with van der Waals surface area (Å²) >= 11 is 0. The topological polar surface area (TPSA) is 46.2 Å². The highest BCUT2D eigenvalue weighted by Crippen LogP contribution is 2.24. The van der Waals surface area contributed by atoms with Crippen molar-refractivity contribution in [1.82, 2.24) is 0 Å². The van der Waals surface area contributed by atoms with Crippen molar-refractivity contribution in [3.63, 3.8) is 0 Å². The maximum Gasteiger partial charge on any atom is 0.0434 e. The Morgan fingerprint density at radius 2 is 2.00 bits per heavy atom. The van der Waals surface area contributed by atoms with Gasteiger partial charge in [-0.25, -0.2) is 0 Å². The molecule has 1 aliphatic carbocycles. The molecule has 0 saturated heterocycles. The molecule has 10 heavy (non-hydrogen) atoms. The van der Waals surface area contributed by atoms with Gasteiger partial charge in [0, 0.05) is 12.6 Å². The first-order chi connectivity index (χ1) is 4.84. The van der Waals surface area contributed by atoms with E-state index in [1.165, 1.54) is 19.3 Å². The molecule has 0 heterocycles. The largest absolute Gasteiger partial charge is 0.396 e. The molecule has 1 aliphatic rings. The lowest BCUT2D eigenvalue weighted by Gasteiger charge is -2.27. The van der Waals surface area contributed by atoms with Crippen LogP contribution >= 0.6 is 0 Å². The molecule has 3 N–H and O–H groups in total. The van der Waals surface area contributed by atoms with Crippen molar-refractivity contribution in [1.29, 1.82) is 0 Å². The molecule has 0 aromatic heterocycles. The second kappa shape index (κ2) is 3.94. The maximum atomic E-state index is 8.68. The summed E-state index contributed by atoms with van der Waals surface area (Å²) in [6, 6.07) is 0.362. The highest BCUT2D eigenvalue weighted by molar-refractivity contribution is 4.77. The smallest absolute Gasteiger partial charge is 0.0434 e. The first-order valence-electron chi connectivity index (χ1n) is 4.21. The second-order valence-electron chi connectivity index (χ2n) is 3.22. The van der Waals surface area contributed by atoms with Crippen LogP contribution in [0.25, 0.3) is 0 Å². The van der Waals surface area contributed by atoms with Crippen molar-refractivity contribution < 1.29 is 5.11 Å². The van der Waals surface area contributed by atoms with Crippen molar-refractivity contribution in [2.24, 2.45) is 11.7 Å². The Bertz CT molecular complexity index is 93.3. The number of hydrogen-bond donors (Lipinski definition) is 2. The van der Waals surface area contributed by atoms with E-state index in [1.807, 2.05) is 0 Å². The van der Waals surface area contributed by atoms with Crippen LogP contribution < -0.4 is 5.73 Å². The molecule has 1 rings (SSSR count). The van der Waals surface area contributed by atoms with Gasteiger partial charge in [-0.1, -0.05) is 12.8 Å². The van der Waals surface area contributed by atoms with Crippen molar-refractivity contribution in [2.45, 2.75) is 38.1 Å². The lowest BCUT2D eigenvalue weighted by Crippen LogP contribution is -2.33. The first-order valence-corrected chi connectivity index (χ1v) is 4.21. The highest BCUT2D eigenvalue weighted by Gasteiger charge is 2.20. The van der Waals surface area contributed by atoms with Crippen molar-refractivity contribution in [3.8, 4) is 0 Å². The van der Waals surface area contributed by atoms with Crippen LogP contribution in [0.5, 0.6) is 0 Å². The standard InChI is InChI=1S/C8H17NO/c9-8-4-2-1-3-7(8)5-6-10/h7-8,10H,1-6,9H2/t7-,8-/m1/s1. The van der Waals surface area contributed by atoms with Gasteiger partial charge < -0.3 is 10.8 Å². The Balaban J connectivity index is 2.25. The van der Waals surface area contributed by atoms with Crippen LogP contribution in [0.2, 0.25) is 0 Å². The van der Waals surface area contributed by atoms with E-state index in [4.69, 9.17) is 10.8 Å². The van der Waals surface area contributed by atoms with Gasteiger partial charge >= 0.3 is 0 Å². The van der Waals surface area contributed by atoms with Gasteiger partial charge in [-0.05, 0) is 25.2 Å². The van der Waals surface area contributed by atoms with E-state index in [2.05, 4.69) is 0 Å². The third-order valence-electron chi connectivity index (χ3n) is 2.47. The fraction of sp³-hybridized carbons (Fsp3) is 1.00. The lowest BCUT2D eigenvalue weighted by atomic mass is 9.83. The van der Waals surface area contributed by atoms with Crippen LogP contribution in [0.1, 0.15) is 32.1 Å². The number of rotatable bonds is 2. The predicted octanol–water partition coefficient (Wildman–Crippen LogP) is 0.886. The highest BCUT2D eigenvalue weighted by atomic mass is 16.3. The maximum absolute atomic E-state index is 8.68. The Morgan fingerprint density at radius 1 is 1.30 bits per heavy atom. The average molecular weight is 143 g/mol. The van der Waals surface area contributed by atoms with E-state index in [0.717, 1.165) is 12.8 Å². The predicted molar refractivity (Wildman–Crippen MR) is 41.6 cm³/mol. The summed E-state index contributed by atoms with van der Waals surface area (Å²) in [6.45, 7) is 0.304. The fourth-order valence-corrected chi connectivity index (χ4v) is 1.76. The van der Waals surface area contributed by atoms with Crippen molar-refractivity contribution in [3.05, 3.63) is 0 Å². The van der Waals surface area contributed by atoms with E-state index >= 15 is 0 Å². The van der Waals surface area contributed by atoms with Gasteiger partial charge in [0.2, 0.25) is 0 Å². The zero-order chi connectivity index (χ0) is 7.40. The Labute approximate surface area is 62.4 Å². The minimum atomic E-state index is 0.304. The summed E-state index contributed by atoms with van der Waals surface area (Å²) in [5.41, 5.74) is 5.85. The molecule has 0 spiro atoms. The van der Waals surface area contributed by atoms with Crippen LogP contribution in [-0.4, -0.2) is 17.8 Å². The summed E-state index contributed by atoms with van der Waals surface area (Å²) in [4.78, 5) is 0. The second-order valence-corrected chi connectivity index (χ2v) is 3.22. The monoisotopic (exact) mass is 143 g/mol. The van der Waals surface area contributed by atoms with Crippen molar-refractivity contribution in [2.75, 3.05) is 6.61 Å². The molecular formula is C8H17NO. The molecule has 2 heteroatoms. The molecule has 0 amide bonds. The number of aliphatic hydroxyl groups excluding tert-OH is 1. The SMILES string of the molecule is N[C@@H]1CCCC[C@@H]1CCO. The van der Waals surface area contributed by atoms with Gasteiger partial charge in [0.15, 0.2) is 0 Å². The lowest BCUT2D eigenvalue weighted by molar-refractivity contribution is 0.212. The van der Waals surface area contributed by atoms with E-state index in [0.29, 0.717) is 18.6 Å². The molecule has 2 atom stereocenters. The zero-order valence-corrected chi connectivity index (χ0v) is 6.42. The molecule has 2 nitrogen and oxygen atoms in total. The van der Waals surface area contributed by atoms with E-state index < -0.39 is 0 Å². The van der Waals surface area contributed by atoms with Gasteiger partial charge in [0.1, 0.15) is 0 Å². The quantitative estimate of drug-likeness (QED) is 0.603. The van der Waals surface area contributed by atoms with Crippen LogP contribution in [0, 0.1) is 5.92 Å². The third kappa shape index (κ3) is 1.96. The summed E-state index contributed by atoms with van der Waals surface area (Å²) in [5.74, 6) is 0.596. The Morgan fingerprint density at radius 3 is 2.60 bits per heavy atom. The average Bonchev–Trinajstić information content (AvgIpc) is 1.94. The van der Waals surface area contributed by atoms with Crippen LogP contribution in [0.3, 0.4) is 0 Å². The van der Waals surface area contributed by atoms with Crippen LogP contribution in [0.4, 0.5) is 0 Å². The minimum absolute atomic E-state index is 0.304. The molecular weight excluding hydrogens is 126 g/mol. The van der Waals surface area contributed by atoms with Gasteiger partial charge in [-0.3, -0.25) is 0 Å². The summed E-state index contributed by atoms with van der Waals surface area (Å²) in [5, 5.41) is 8.68. The molecule has 60 valence electrons. The summed E-state index contributed by atoms with van der Waals surface area (Å²) < 4.78 is 0. The van der Waals surface area contributed by atoms with Gasteiger partial charge in [0.25, 0.3) is 0 Å². The molecule has 0 aromatic carbocycles. The Hall–Kier alpha value is -0.0800. The summed E-state index contributed by atoms with van der Waals surface area (Å²) in [7, 11) is 0. The minimum Gasteiger partial charge on any atom is -0.396 e. The zero-order valence-electron chi connectivity index (χ0n) is 6.42. The number of hydrogen-bond acceptors (Lipinski definition) is 2. The fourth-order valence-electron chi connectivity index (χ4n) is 1.76. The molecule has 0 aromatic rings. The number of aliphatic hydroxyl groups is 1. The van der Waals surface area contributed by atoms with E-state index in [1.54, 1.807) is 0 Å². The van der Waals surface area contributed by atoms with Crippen molar-refractivity contribution >= 4 is 0 Å². The van der Waals surface area contributed by atoms with Gasteiger partial charge in [-0.15, -0.1) is 0 Å². The van der Waals surface area contributed by atoms with E-state index in [-0.39, 0.29) is 0 Å². The van der Waals surface area contributed by atoms with Crippen LogP contribution in [0.15, 0.2) is 0 Å². The van der Waals surface area contributed by atoms with Gasteiger partial charge in [-0.2, -0.15) is 0 Å². The first kappa shape index (κ1) is 8.02. The Kier molecular flexibility index (Phi) is 3.16. The third-order valence-corrected chi connectivity index (χ3v) is 2.47. The molecule has 0 radical (unpaired) electrons. The van der Waals surface area contributed by atoms with Crippen LogP contribution in [-0.2, 0) is 0 Å². The molecule has 0 aliphatic heterocycles.